The monoisotopic (exact) mass is 289 g/mol. The van der Waals surface area contributed by atoms with Crippen LogP contribution in [0.3, 0.4) is 0 Å². The number of hydrogen-bond acceptors (Lipinski definition) is 5. The van der Waals surface area contributed by atoms with E-state index in [2.05, 4.69) is 5.10 Å². The molecule has 0 aliphatic rings. The van der Waals surface area contributed by atoms with Crippen LogP contribution in [0.4, 0.5) is 5.82 Å². The van der Waals surface area contributed by atoms with E-state index in [1.165, 1.54) is 4.68 Å². The molecule has 0 radical (unpaired) electrons. The van der Waals surface area contributed by atoms with Crippen molar-refractivity contribution in [3.8, 4) is 17.0 Å². The van der Waals surface area contributed by atoms with Gasteiger partial charge in [0.05, 0.1) is 12.7 Å². The van der Waals surface area contributed by atoms with Crippen molar-refractivity contribution >= 4 is 12.1 Å². The maximum atomic E-state index is 11.4. The van der Waals surface area contributed by atoms with Crippen molar-refractivity contribution in [1.82, 2.24) is 9.78 Å². The molecule has 1 aromatic carbocycles. The van der Waals surface area contributed by atoms with Crippen molar-refractivity contribution in [2.45, 2.75) is 20.6 Å². The summed E-state index contributed by atoms with van der Waals surface area (Å²) in [6, 6.07) is 3.81. The molecule has 112 valence electrons. The molecule has 2 aromatic rings. The first-order valence-corrected chi connectivity index (χ1v) is 6.49. The highest BCUT2D eigenvalue weighted by atomic mass is 16.5. The van der Waals surface area contributed by atoms with Gasteiger partial charge in [-0.1, -0.05) is 0 Å². The van der Waals surface area contributed by atoms with Crippen LogP contribution in [0.1, 0.15) is 21.5 Å². The van der Waals surface area contributed by atoms with Gasteiger partial charge in [-0.05, 0) is 37.1 Å². The molecule has 0 bridgehead atoms. The standard InChI is InChI=1S/C15H19N3O3/c1-9-5-11(21-4)6-10(2)13(9)14-12(7-19)15(16)18(17-14)8-20-3/h5-7H,8,16H2,1-4H3. The predicted molar refractivity (Wildman–Crippen MR) is 80.5 cm³/mol. The zero-order valence-electron chi connectivity index (χ0n) is 12.6. The molecule has 0 atom stereocenters. The summed E-state index contributed by atoms with van der Waals surface area (Å²) in [6.45, 7) is 4.09. The number of nitrogen functional groups attached to an aromatic ring is 1. The minimum Gasteiger partial charge on any atom is -0.497 e. The zero-order valence-corrected chi connectivity index (χ0v) is 12.6. The van der Waals surface area contributed by atoms with Gasteiger partial charge in [0, 0.05) is 12.7 Å². The lowest BCUT2D eigenvalue weighted by atomic mass is 9.97. The van der Waals surface area contributed by atoms with E-state index in [0.717, 1.165) is 28.7 Å². The Labute approximate surface area is 123 Å². The third-order valence-corrected chi connectivity index (χ3v) is 3.38. The van der Waals surface area contributed by atoms with Crippen molar-refractivity contribution < 1.29 is 14.3 Å². The molecule has 6 heteroatoms. The SMILES string of the molecule is COCn1nc(-c2c(C)cc(OC)cc2C)c(C=O)c1N. The van der Waals surface area contributed by atoms with E-state index in [1.807, 2.05) is 26.0 Å². The quantitative estimate of drug-likeness (QED) is 0.853. The molecule has 0 saturated heterocycles. The Hall–Kier alpha value is -2.34. The number of hydrogen-bond donors (Lipinski definition) is 1. The Balaban J connectivity index is 2.67. The third kappa shape index (κ3) is 2.62. The number of aryl methyl sites for hydroxylation is 2. The lowest BCUT2D eigenvalue weighted by Gasteiger charge is -2.10. The van der Waals surface area contributed by atoms with Crippen LogP contribution in [0, 0.1) is 13.8 Å². The van der Waals surface area contributed by atoms with E-state index in [0.29, 0.717) is 17.1 Å². The van der Waals surface area contributed by atoms with Gasteiger partial charge in [0.15, 0.2) is 6.29 Å². The van der Waals surface area contributed by atoms with Crippen LogP contribution in [0.25, 0.3) is 11.3 Å². The Kier molecular flexibility index (Phi) is 4.28. The van der Waals surface area contributed by atoms with Crippen LogP contribution in [0.15, 0.2) is 12.1 Å². The van der Waals surface area contributed by atoms with Gasteiger partial charge in [-0.25, -0.2) is 4.68 Å². The molecule has 2 rings (SSSR count). The molecular formula is C15H19N3O3. The molecule has 6 nitrogen and oxygen atoms in total. The van der Waals surface area contributed by atoms with Gasteiger partial charge >= 0.3 is 0 Å². The van der Waals surface area contributed by atoms with E-state index in [-0.39, 0.29) is 6.73 Å². The van der Waals surface area contributed by atoms with E-state index >= 15 is 0 Å². The highest BCUT2D eigenvalue weighted by molar-refractivity contribution is 5.93. The molecule has 0 spiro atoms. The number of nitrogens with zero attached hydrogens (tertiary/aromatic N) is 2. The smallest absolute Gasteiger partial charge is 0.156 e. The lowest BCUT2D eigenvalue weighted by molar-refractivity contribution is 0.112. The van der Waals surface area contributed by atoms with Gasteiger partial charge in [0.2, 0.25) is 0 Å². The number of carbonyl (C=O) groups excluding carboxylic acids is 1. The summed E-state index contributed by atoms with van der Waals surface area (Å²) >= 11 is 0. The van der Waals surface area contributed by atoms with Crippen LogP contribution in [-0.4, -0.2) is 30.3 Å². The first-order chi connectivity index (χ1) is 10.0. The summed E-state index contributed by atoms with van der Waals surface area (Å²) in [6.07, 6.45) is 0.729. The molecule has 0 aliphatic carbocycles. The molecule has 21 heavy (non-hydrogen) atoms. The van der Waals surface area contributed by atoms with Crippen LogP contribution in [-0.2, 0) is 11.5 Å². The maximum absolute atomic E-state index is 11.4. The van der Waals surface area contributed by atoms with Crippen molar-refractivity contribution in [1.29, 1.82) is 0 Å². The summed E-state index contributed by atoms with van der Waals surface area (Å²) < 4.78 is 11.8. The van der Waals surface area contributed by atoms with Crippen LogP contribution in [0.2, 0.25) is 0 Å². The van der Waals surface area contributed by atoms with Gasteiger partial charge in [-0.15, -0.1) is 0 Å². The highest BCUT2D eigenvalue weighted by Crippen LogP contribution is 2.33. The summed E-state index contributed by atoms with van der Waals surface area (Å²) in [5.41, 5.74) is 9.73. The minimum absolute atomic E-state index is 0.195. The van der Waals surface area contributed by atoms with Gasteiger partial charge in [0.25, 0.3) is 0 Å². The number of rotatable bonds is 5. The fraction of sp³-hybridized carbons (Fsp3) is 0.333. The molecular weight excluding hydrogens is 270 g/mol. The predicted octanol–water partition coefficient (Wildman–Crippen LogP) is 2.17. The molecule has 0 unspecified atom stereocenters. The average molecular weight is 289 g/mol. The number of anilines is 1. The third-order valence-electron chi connectivity index (χ3n) is 3.38. The zero-order chi connectivity index (χ0) is 15.6. The largest absolute Gasteiger partial charge is 0.497 e. The van der Waals surface area contributed by atoms with Crippen molar-refractivity contribution in [3.05, 3.63) is 28.8 Å². The van der Waals surface area contributed by atoms with Gasteiger partial charge in [0.1, 0.15) is 24.0 Å². The molecule has 0 fully saturated rings. The normalized spacial score (nSPS) is 10.7. The first kappa shape index (κ1) is 15.1. The van der Waals surface area contributed by atoms with Gasteiger partial charge < -0.3 is 15.2 Å². The van der Waals surface area contributed by atoms with Crippen molar-refractivity contribution in [2.75, 3.05) is 20.0 Å². The van der Waals surface area contributed by atoms with E-state index in [1.54, 1.807) is 14.2 Å². The van der Waals surface area contributed by atoms with E-state index < -0.39 is 0 Å². The number of methoxy groups -OCH3 is 2. The number of aromatic nitrogens is 2. The van der Waals surface area contributed by atoms with Crippen molar-refractivity contribution in [2.24, 2.45) is 0 Å². The summed E-state index contributed by atoms with van der Waals surface area (Å²) in [5, 5.41) is 4.41. The van der Waals surface area contributed by atoms with Crippen LogP contribution in [0.5, 0.6) is 5.75 Å². The lowest BCUT2D eigenvalue weighted by Crippen LogP contribution is -2.06. The maximum Gasteiger partial charge on any atom is 0.156 e. The summed E-state index contributed by atoms with van der Waals surface area (Å²) in [7, 11) is 3.17. The van der Waals surface area contributed by atoms with Gasteiger partial charge in [-0.2, -0.15) is 5.10 Å². The molecule has 1 heterocycles. The molecule has 0 aliphatic heterocycles. The second-order valence-corrected chi connectivity index (χ2v) is 4.82. The molecule has 1 aromatic heterocycles. The highest BCUT2D eigenvalue weighted by Gasteiger charge is 2.20. The van der Waals surface area contributed by atoms with E-state index in [4.69, 9.17) is 15.2 Å². The average Bonchev–Trinajstić information content (AvgIpc) is 2.75. The van der Waals surface area contributed by atoms with Crippen LogP contribution < -0.4 is 10.5 Å². The van der Waals surface area contributed by atoms with Gasteiger partial charge in [-0.3, -0.25) is 4.79 Å². The first-order valence-electron chi connectivity index (χ1n) is 6.49. The number of carbonyl (C=O) groups is 1. The second kappa shape index (κ2) is 5.97. The second-order valence-electron chi connectivity index (χ2n) is 4.82. The fourth-order valence-corrected chi connectivity index (χ4v) is 2.43. The summed E-state index contributed by atoms with van der Waals surface area (Å²) in [4.78, 5) is 11.4. The molecule has 0 saturated carbocycles. The minimum atomic E-state index is 0.195. The Morgan fingerprint density at radius 3 is 2.38 bits per heavy atom. The Bertz CT molecular complexity index is 654. The van der Waals surface area contributed by atoms with Crippen molar-refractivity contribution in [3.63, 3.8) is 0 Å². The molecule has 2 N–H and O–H groups in total. The number of aldehydes is 1. The van der Waals surface area contributed by atoms with Crippen LogP contribution >= 0.6 is 0 Å². The number of nitrogens with two attached hydrogens (primary N) is 1. The van der Waals surface area contributed by atoms with E-state index in [9.17, 15) is 4.79 Å². The topological polar surface area (TPSA) is 79.4 Å². The number of ether oxygens (including phenoxy) is 2. The number of benzene rings is 1. The Morgan fingerprint density at radius 2 is 1.90 bits per heavy atom. The fourth-order valence-electron chi connectivity index (χ4n) is 2.43. The molecule has 0 amide bonds. The summed E-state index contributed by atoms with van der Waals surface area (Å²) in [5.74, 6) is 1.07. The Morgan fingerprint density at radius 1 is 1.29 bits per heavy atom.